The average molecular weight is 299 g/mol. The smallest absolute Gasteiger partial charge is 0.335 e. The predicted octanol–water partition coefficient (Wildman–Crippen LogP) is 2.55. The summed E-state index contributed by atoms with van der Waals surface area (Å²) in [6, 6.07) is 4.12. The number of aromatic carboxylic acids is 1. The lowest BCUT2D eigenvalue weighted by atomic mass is 10.0. The Morgan fingerprint density at radius 2 is 1.95 bits per heavy atom. The van der Waals surface area contributed by atoms with E-state index in [1.54, 1.807) is 20.8 Å². The van der Waals surface area contributed by atoms with E-state index in [9.17, 15) is 13.2 Å². The lowest BCUT2D eigenvalue weighted by molar-refractivity contribution is 0.0696. The summed E-state index contributed by atoms with van der Waals surface area (Å²) < 4.78 is 27.2. The molecule has 0 atom stereocenters. The number of carboxylic acid groups (broad SMARTS) is 1. The van der Waals surface area contributed by atoms with Gasteiger partial charge in [-0.25, -0.2) is 17.9 Å². The Hall–Kier alpha value is -1.40. The predicted molar refractivity (Wildman–Crippen MR) is 77.4 cm³/mol. The van der Waals surface area contributed by atoms with Crippen LogP contribution in [-0.2, 0) is 10.0 Å². The van der Waals surface area contributed by atoms with E-state index in [0.29, 0.717) is 12.0 Å². The summed E-state index contributed by atoms with van der Waals surface area (Å²) in [5.74, 6) is -1.13. The lowest BCUT2D eigenvalue weighted by Crippen LogP contribution is -2.43. The van der Waals surface area contributed by atoms with Crippen molar-refractivity contribution in [1.82, 2.24) is 4.72 Å². The van der Waals surface area contributed by atoms with Gasteiger partial charge in [-0.2, -0.15) is 0 Å². The minimum absolute atomic E-state index is 0.00109. The second-order valence-corrected chi connectivity index (χ2v) is 7.20. The first-order valence-electron chi connectivity index (χ1n) is 6.47. The van der Waals surface area contributed by atoms with Crippen molar-refractivity contribution in [3.05, 3.63) is 29.3 Å². The zero-order valence-corrected chi connectivity index (χ0v) is 13.0. The van der Waals surface area contributed by atoms with E-state index < -0.39 is 21.5 Å². The average Bonchev–Trinajstić information content (AvgIpc) is 2.26. The fourth-order valence-corrected chi connectivity index (χ4v) is 3.56. The monoisotopic (exact) mass is 299 g/mol. The highest BCUT2D eigenvalue weighted by Crippen LogP contribution is 2.19. The van der Waals surface area contributed by atoms with E-state index in [-0.39, 0.29) is 10.5 Å². The van der Waals surface area contributed by atoms with E-state index in [1.165, 1.54) is 18.2 Å². The van der Waals surface area contributed by atoms with Gasteiger partial charge in [0.25, 0.3) is 0 Å². The van der Waals surface area contributed by atoms with E-state index in [4.69, 9.17) is 5.11 Å². The molecule has 0 spiro atoms. The highest BCUT2D eigenvalue weighted by Gasteiger charge is 2.26. The number of aryl methyl sites for hydroxylation is 1. The van der Waals surface area contributed by atoms with Gasteiger partial charge < -0.3 is 5.11 Å². The summed E-state index contributed by atoms with van der Waals surface area (Å²) in [6.45, 7) is 7.22. The van der Waals surface area contributed by atoms with Crippen molar-refractivity contribution in [1.29, 1.82) is 0 Å². The molecule has 0 saturated carbocycles. The number of benzene rings is 1. The van der Waals surface area contributed by atoms with Gasteiger partial charge in [-0.15, -0.1) is 0 Å². The van der Waals surface area contributed by atoms with Crippen molar-refractivity contribution >= 4 is 16.0 Å². The lowest BCUT2D eigenvalue weighted by Gasteiger charge is -2.25. The highest BCUT2D eigenvalue weighted by atomic mass is 32.2. The number of hydrogen-bond donors (Lipinski definition) is 2. The summed E-state index contributed by atoms with van der Waals surface area (Å²) in [6.07, 6.45) is 1.55. The normalized spacial score (nSPS) is 12.4. The molecule has 112 valence electrons. The van der Waals surface area contributed by atoms with Crippen LogP contribution in [0.5, 0.6) is 0 Å². The fraction of sp³-hybridized carbons (Fsp3) is 0.500. The van der Waals surface area contributed by atoms with Gasteiger partial charge in [0, 0.05) is 5.54 Å². The molecule has 0 saturated heterocycles. The molecule has 6 heteroatoms. The number of nitrogens with one attached hydrogen (secondary N) is 1. The topological polar surface area (TPSA) is 83.5 Å². The van der Waals surface area contributed by atoms with Gasteiger partial charge in [-0.1, -0.05) is 19.4 Å². The van der Waals surface area contributed by atoms with E-state index in [2.05, 4.69) is 4.72 Å². The quantitative estimate of drug-likeness (QED) is 0.845. The summed E-state index contributed by atoms with van der Waals surface area (Å²) in [4.78, 5) is 11.0. The summed E-state index contributed by atoms with van der Waals surface area (Å²) >= 11 is 0. The van der Waals surface area contributed by atoms with Gasteiger partial charge in [0.1, 0.15) is 0 Å². The summed E-state index contributed by atoms with van der Waals surface area (Å²) in [7, 11) is -3.73. The molecule has 0 unspecified atom stereocenters. The van der Waals surface area contributed by atoms with Crippen molar-refractivity contribution in [2.45, 2.75) is 51.0 Å². The van der Waals surface area contributed by atoms with Crippen LogP contribution in [0.25, 0.3) is 0 Å². The molecule has 0 amide bonds. The van der Waals surface area contributed by atoms with Crippen LogP contribution in [0.3, 0.4) is 0 Å². The number of hydrogen-bond acceptors (Lipinski definition) is 3. The molecule has 0 aliphatic heterocycles. The standard InChI is InChI=1S/C14H21NO4S/c1-5-8-14(3,4)15-20(18,19)11-7-6-10(2)12(9-11)13(16)17/h6-7,9,15H,5,8H2,1-4H3,(H,16,17). The maximum Gasteiger partial charge on any atom is 0.335 e. The molecule has 1 rings (SSSR count). The second kappa shape index (κ2) is 5.93. The van der Waals surface area contributed by atoms with Crippen LogP contribution >= 0.6 is 0 Å². The molecule has 5 nitrogen and oxygen atoms in total. The second-order valence-electron chi connectivity index (χ2n) is 5.52. The molecule has 0 radical (unpaired) electrons. The third-order valence-corrected chi connectivity index (χ3v) is 4.73. The number of sulfonamides is 1. The molecule has 0 aromatic heterocycles. The first-order valence-corrected chi connectivity index (χ1v) is 7.95. The Balaban J connectivity index is 3.17. The van der Waals surface area contributed by atoms with Gasteiger partial charge in [-0.3, -0.25) is 0 Å². The molecule has 0 aliphatic rings. The van der Waals surface area contributed by atoms with Crippen molar-refractivity contribution in [2.75, 3.05) is 0 Å². The number of rotatable bonds is 6. The molecular formula is C14H21NO4S. The minimum Gasteiger partial charge on any atom is -0.478 e. The number of carboxylic acids is 1. The van der Waals surface area contributed by atoms with Crippen LogP contribution in [0, 0.1) is 6.92 Å². The zero-order valence-electron chi connectivity index (χ0n) is 12.2. The van der Waals surface area contributed by atoms with Crippen LogP contribution < -0.4 is 4.72 Å². The molecule has 1 aromatic rings. The Kier molecular flexibility index (Phi) is 4.94. The maximum atomic E-state index is 12.3. The van der Waals surface area contributed by atoms with Crippen LogP contribution in [0.2, 0.25) is 0 Å². The van der Waals surface area contributed by atoms with Crippen LogP contribution in [0.1, 0.15) is 49.5 Å². The minimum atomic E-state index is -3.73. The molecule has 2 N–H and O–H groups in total. The summed E-state index contributed by atoms with van der Waals surface area (Å²) in [5, 5.41) is 9.06. The number of carbonyl (C=O) groups is 1. The van der Waals surface area contributed by atoms with Gasteiger partial charge in [0.05, 0.1) is 10.5 Å². The Morgan fingerprint density at radius 1 is 1.35 bits per heavy atom. The Morgan fingerprint density at radius 3 is 2.45 bits per heavy atom. The Bertz CT molecular complexity index is 606. The molecule has 0 aliphatic carbocycles. The van der Waals surface area contributed by atoms with E-state index in [0.717, 1.165) is 6.42 Å². The van der Waals surface area contributed by atoms with Crippen molar-refractivity contribution in [3.63, 3.8) is 0 Å². The van der Waals surface area contributed by atoms with Gasteiger partial charge in [-0.05, 0) is 44.9 Å². The molecular weight excluding hydrogens is 278 g/mol. The van der Waals surface area contributed by atoms with Crippen LogP contribution in [-0.4, -0.2) is 25.0 Å². The fourth-order valence-electron chi connectivity index (χ4n) is 2.10. The maximum absolute atomic E-state index is 12.3. The first kappa shape index (κ1) is 16.7. The van der Waals surface area contributed by atoms with Crippen molar-refractivity contribution in [2.24, 2.45) is 0 Å². The molecule has 0 bridgehead atoms. The largest absolute Gasteiger partial charge is 0.478 e. The van der Waals surface area contributed by atoms with Crippen molar-refractivity contribution in [3.8, 4) is 0 Å². The summed E-state index contributed by atoms with van der Waals surface area (Å²) in [5.41, 5.74) is -0.0348. The SMILES string of the molecule is CCCC(C)(C)NS(=O)(=O)c1ccc(C)c(C(=O)O)c1. The molecule has 0 fully saturated rings. The van der Waals surface area contributed by atoms with Gasteiger partial charge in [0.2, 0.25) is 10.0 Å². The zero-order chi connectivity index (χ0) is 15.6. The molecule has 1 aromatic carbocycles. The molecule has 0 heterocycles. The van der Waals surface area contributed by atoms with E-state index in [1.807, 2.05) is 6.92 Å². The van der Waals surface area contributed by atoms with Crippen molar-refractivity contribution < 1.29 is 18.3 Å². The third-order valence-electron chi connectivity index (χ3n) is 3.04. The van der Waals surface area contributed by atoms with Crippen LogP contribution in [0.15, 0.2) is 23.1 Å². The van der Waals surface area contributed by atoms with Gasteiger partial charge in [0.15, 0.2) is 0 Å². The highest BCUT2D eigenvalue weighted by molar-refractivity contribution is 7.89. The van der Waals surface area contributed by atoms with Gasteiger partial charge >= 0.3 is 5.97 Å². The Labute approximate surface area is 120 Å². The third kappa shape index (κ3) is 4.05. The first-order chi connectivity index (χ1) is 9.09. The van der Waals surface area contributed by atoms with Crippen LogP contribution in [0.4, 0.5) is 0 Å². The van der Waals surface area contributed by atoms with E-state index >= 15 is 0 Å². The molecule has 20 heavy (non-hydrogen) atoms.